The Morgan fingerprint density at radius 2 is 2.05 bits per heavy atom. The number of imidazole rings is 1. The van der Waals surface area contributed by atoms with Crippen LogP contribution in [-0.2, 0) is 11.3 Å². The molecule has 0 atom stereocenters. The number of aryl methyl sites for hydroxylation is 1. The van der Waals surface area contributed by atoms with Crippen LogP contribution in [-0.4, -0.2) is 15.5 Å². The summed E-state index contributed by atoms with van der Waals surface area (Å²) in [6.45, 7) is 4.06. The Morgan fingerprint density at radius 1 is 1.37 bits per heavy atom. The van der Waals surface area contributed by atoms with E-state index in [1.165, 1.54) is 0 Å². The maximum Gasteiger partial charge on any atom is 0.244 e. The van der Waals surface area contributed by atoms with Gasteiger partial charge in [-0.1, -0.05) is 0 Å². The number of nitrogens with zero attached hydrogens (tertiary/aromatic N) is 3. The van der Waals surface area contributed by atoms with Gasteiger partial charge in [-0.15, -0.1) is 0 Å². The van der Waals surface area contributed by atoms with Crippen molar-refractivity contribution in [2.45, 2.75) is 20.4 Å². The third-order valence-corrected chi connectivity index (χ3v) is 2.96. The zero-order chi connectivity index (χ0) is 13.8. The number of anilines is 1. The Hall–Kier alpha value is -2.61. The van der Waals surface area contributed by atoms with Crippen molar-refractivity contribution in [3.63, 3.8) is 0 Å². The number of carbonyl (C=O) groups excluding carboxylic acids is 1. The second kappa shape index (κ2) is 5.36. The van der Waals surface area contributed by atoms with Gasteiger partial charge in [0.25, 0.3) is 0 Å². The van der Waals surface area contributed by atoms with Crippen LogP contribution in [0.4, 0.5) is 5.69 Å². The number of carbonyl (C=O) groups is 1. The van der Waals surface area contributed by atoms with Gasteiger partial charge in [-0.3, -0.25) is 4.79 Å². The number of nitriles is 1. The van der Waals surface area contributed by atoms with E-state index in [1.807, 2.05) is 19.9 Å². The molecule has 96 valence electrons. The third-order valence-electron chi connectivity index (χ3n) is 2.96. The van der Waals surface area contributed by atoms with Crippen molar-refractivity contribution < 1.29 is 4.79 Å². The van der Waals surface area contributed by atoms with Gasteiger partial charge in [-0.05, 0) is 38.1 Å². The number of nitrogens with one attached hydrogen (secondary N) is 1. The second-order valence-corrected chi connectivity index (χ2v) is 4.28. The number of hydrogen-bond acceptors (Lipinski definition) is 3. The lowest BCUT2D eigenvalue weighted by Gasteiger charge is -2.07. The summed E-state index contributed by atoms with van der Waals surface area (Å²) in [7, 11) is 0. The highest BCUT2D eigenvalue weighted by atomic mass is 16.1. The molecule has 0 bridgehead atoms. The molecule has 0 radical (unpaired) electrons. The molecule has 1 N–H and O–H groups in total. The summed E-state index contributed by atoms with van der Waals surface area (Å²) in [5, 5.41) is 11.5. The van der Waals surface area contributed by atoms with Gasteiger partial charge < -0.3 is 9.88 Å². The minimum absolute atomic E-state index is 0.120. The van der Waals surface area contributed by atoms with Gasteiger partial charge in [-0.25, -0.2) is 4.98 Å². The quantitative estimate of drug-likeness (QED) is 0.910. The number of rotatable bonds is 3. The van der Waals surface area contributed by atoms with Crippen LogP contribution < -0.4 is 5.32 Å². The smallest absolute Gasteiger partial charge is 0.244 e. The summed E-state index contributed by atoms with van der Waals surface area (Å²) in [6.07, 6.45) is 1.66. The van der Waals surface area contributed by atoms with Crippen LogP contribution in [0.5, 0.6) is 0 Å². The summed E-state index contributed by atoms with van der Waals surface area (Å²) in [5.41, 5.74) is 3.15. The third kappa shape index (κ3) is 2.99. The van der Waals surface area contributed by atoms with Crippen molar-refractivity contribution >= 4 is 11.6 Å². The molecule has 0 saturated heterocycles. The summed E-state index contributed by atoms with van der Waals surface area (Å²) in [6, 6.07) is 8.79. The molecule has 1 heterocycles. The molecule has 5 heteroatoms. The van der Waals surface area contributed by atoms with Crippen molar-refractivity contribution in [1.82, 2.24) is 9.55 Å². The van der Waals surface area contributed by atoms with Crippen molar-refractivity contribution in [1.29, 1.82) is 5.26 Å². The molecule has 1 amide bonds. The highest BCUT2D eigenvalue weighted by Gasteiger charge is 2.07. The van der Waals surface area contributed by atoms with E-state index in [-0.39, 0.29) is 12.5 Å². The Balaban J connectivity index is 2.01. The monoisotopic (exact) mass is 254 g/mol. The van der Waals surface area contributed by atoms with Crippen LogP contribution in [0.3, 0.4) is 0 Å². The van der Waals surface area contributed by atoms with E-state index < -0.39 is 0 Å². The zero-order valence-electron chi connectivity index (χ0n) is 10.8. The fourth-order valence-corrected chi connectivity index (χ4v) is 1.69. The van der Waals surface area contributed by atoms with E-state index in [9.17, 15) is 4.79 Å². The topological polar surface area (TPSA) is 70.7 Å². The van der Waals surface area contributed by atoms with Gasteiger partial charge in [0.15, 0.2) is 0 Å². The van der Waals surface area contributed by atoms with Gasteiger partial charge in [0.1, 0.15) is 6.54 Å². The molecule has 2 rings (SSSR count). The van der Waals surface area contributed by atoms with Gasteiger partial charge >= 0.3 is 0 Å². The summed E-state index contributed by atoms with van der Waals surface area (Å²) >= 11 is 0. The van der Waals surface area contributed by atoms with E-state index in [0.29, 0.717) is 11.3 Å². The summed E-state index contributed by atoms with van der Waals surface area (Å²) in [5.74, 6) is -0.120. The molecule has 0 aliphatic rings. The lowest BCUT2D eigenvalue weighted by Crippen LogP contribution is -2.19. The highest BCUT2D eigenvalue weighted by Crippen LogP contribution is 2.09. The van der Waals surface area contributed by atoms with Crippen LogP contribution in [0.2, 0.25) is 0 Å². The number of hydrogen-bond donors (Lipinski definition) is 1. The van der Waals surface area contributed by atoms with Crippen LogP contribution in [0.25, 0.3) is 0 Å². The predicted octanol–water partition coefficient (Wildman–Crippen LogP) is 2.01. The zero-order valence-corrected chi connectivity index (χ0v) is 10.8. The maximum atomic E-state index is 11.9. The standard InChI is InChI=1S/C14H14N4O/c1-10-11(2)18(9-16-10)8-14(19)17-13-5-3-12(7-15)4-6-13/h3-6,9H,8H2,1-2H3,(H,17,19). The predicted molar refractivity (Wildman–Crippen MR) is 71.5 cm³/mol. The van der Waals surface area contributed by atoms with E-state index in [2.05, 4.69) is 10.3 Å². The number of amides is 1. The van der Waals surface area contributed by atoms with Crippen molar-refractivity contribution in [2.24, 2.45) is 0 Å². The molecule has 5 nitrogen and oxygen atoms in total. The first kappa shape index (κ1) is 12.8. The average Bonchev–Trinajstić information content (AvgIpc) is 2.71. The molecule has 0 fully saturated rings. The van der Waals surface area contributed by atoms with E-state index in [1.54, 1.807) is 35.2 Å². The molecule has 1 aromatic carbocycles. The van der Waals surface area contributed by atoms with Gasteiger partial charge in [-0.2, -0.15) is 5.26 Å². The van der Waals surface area contributed by atoms with E-state index in [0.717, 1.165) is 11.4 Å². The first-order valence-corrected chi connectivity index (χ1v) is 5.88. The SMILES string of the molecule is Cc1ncn(CC(=O)Nc2ccc(C#N)cc2)c1C. The van der Waals surface area contributed by atoms with Crippen LogP contribution in [0.15, 0.2) is 30.6 Å². The van der Waals surface area contributed by atoms with Crippen molar-refractivity contribution in [2.75, 3.05) is 5.32 Å². The van der Waals surface area contributed by atoms with E-state index >= 15 is 0 Å². The minimum atomic E-state index is -0.120. The van der Waals surface area contributed by atoms with Crippen molar-refractivity contribution in [3.05, 3.63) is 47.5 Å². The molecule has 0 spiro atoms. The Kier molecular flexibility index (Phi) is 3.62. The molecule has 2 aromatic rings. The molecule has 0 saturated carbocycles. The Labute approximate surface area is 111 Å². The normalized spacial score (nSPS) is 9.95. The fourth-order valence-electron chi connectivity index (χ4n) is 1.69. The molecule has 19 heavy (non-hydrogen) atoms. The molecule has 0 unspecified atom stereocenters. The fraction of sp³-hybridized carbons (Fsp3) is 0.214. The lowest BCUT2D eigenvalue weighted by atomic mass is 10.2. The van der Waals surface area contributed by atoms with Gasteiger partial charge in [0.05, 0.1) is 23.7 Å². The first-order chi connectivity index (χ1) is 9.10. The van der Waals surface area contributed by atoms with Gasteiger partial charge in [0.2, 0.25) is 5.91 Å². The van der Waals surface area contributed by atoms with Crippen LogP contribution >= 0.6 is 0 Å². The Morgan fingerprint density at radius 3 is 2.58 bits per heavy atom. The maximum absolute atomic E-state index is 11.9. The van der Waals surface area contributed by atoms with Crippen molar-refractivity contribution in [3.8, 4) is 6.07 Å². The molecular weight excluding hydrogens is 240 g/mol. The molecule has 1 aromatic heterocycles. The molecule has 0 aliphatic heterocycles. The minimum Gasteiger partial charge on any atom is -0.325 e. The average molecular weight is 254 g/mol. The van der Waals surface area contributed by atoms with E-state index in [4.69, 9.17) is 5.26 Å². The molecular formula is C14H14N4O. The Bertz CT molecular complexity index is 634. The largest absolute Gasteiger partial charge is 0.325 e. The van der Waals surface area contributed by atoms with Crippen LogP contribution in [0.1, 0.15) is 17.0 Å². The molecule has 0 aliphatic carbocycles. The van der Waals surface area contributed by atoms with Gasteiger partial charge in [0, 0.05) is 11.4 Å². The number of aromatic nitrogens is 2. The van der Waals surface area contributed by atoms with Crippen LogP contribution in [0, 0.1) is 25.2 Å². The first-order valence-electron chi connectivity index (χ1n) is 5.88. The number of benzene rings is 1. The summed E-state index contributed by atoms with van der Waals surface area (Å²) in [4.78, 5) is 16.0. The highest BCUT2D eigenvalue weighted by molar-refractivity contribution is 5.90. The second-order valence-electron chi connectivity index (χ2n) is 4.28. The lowest BCUT2D eigenvalue weighted by molar-refractivity contribution is -0.116. The summed E-state index contributed by atoms with van der Waals surface area (Å²) < 4.78 is 1.80.